The number of rotatable bonds is 8. The Morgan fingerprint density at radius 3 is 2.50 bits per heavy atom. The predicted octanol–water partition coefficient (Wildman–Crippen LogP) is 1.88. The Hall–Kier alpha value is -0.570. The molecule has 0 atom stereocenters. The van der Waals surface area contributed by atoms with E-state index in [4.69, 9.17) is 11.6 Å². The van der Waals surface area contributed by atoms with E-state index in [9.17, 15) is 9.59 Å². The molecule has 3 nitrogen and oxygen atoms in total. The summed E-state index contributed by atoms with van der Waals surface area (Å²) in [6.07, 6.45) is 4.11. The Morgan fingerprint density at radius 2 is 1.93 bits per heavy atom. The number of unbranched alkanes of at least 4 members (excludes halogenated alkanes) is 2. The summed E-state index contributed by atoms with van der Waals surface area (Å²) in [5.74, 6) is 0.208. The van der Waals surface area contributed by atoms with E-state index < -0.39 is 0 Å². The van der Waals surface area contributed by atoms with Crippen LogP contribution in [-0.2, 0) is 9.59 Å². The Kier molecular flexibility index (Phi) is 8.64. The first kappa shape index (κ1) is 13.4. The molecule has 0 bridgehead atoms. The molecule has 4 heteroatoms. The van der Waals surface area contributed by atoms with E-state index in [0.717, 1.165) is 19.3 Å². The first-order valence-corrected chi connectivity index (χ1v) is 5.58. The highest BCUT2D eigenvalue weighted by atomic mass is 35.5. The van der Waals surface area contributed by atoms with E-state index in [1.807, 2.05) is 6.92 Å². The fraction of sp³-hybridized carbons (Fsp3) is 0.800. The molecule has 0 saturated heterocycles. The van der Waals surface area contributed by atoms with Gasteiger partial charge in [-0.2, -0.15) is 0 Å². The molecule has 0 unspecified atom stereocenters. The van der Waals surface area contributed by atoms with Crippen molar-refractivity contribution in [3.8, 4) is 0 Å². The number of hydrogen-bond donors (Lipinski definition) is 1. The zero-order valence-electron chi connectivity index (χ0n) is 8.64. The third-order valence-electron chi connectivity index (χ3n) is 1.97. The lowest BCUT2D eigenvalue weighted by atomic mass is 10.1. The predicted molar refractivity (Wildman–Crippen MR) is 57.5 cm³/mol. The van der Waals surface area contributed by atoms with E-state index in [-0.39, 0.29) is 11.8 Å². The van der Waals surface area contributed by atoms with Crippen LogP contribution in [0.1, 0.15) is 39.0 Å². The first-order chi connectivity index (χ1) is 6.70. The molecule has 0 saturated carbocycles. The summed E-state index contributed by atoms with van der Waals surface area (Å²) in [5, 5.41) is 2.68. The van der Waals surface area contributed by atoms with Crippen LogP contribution in [0.25, 0.3) is 0 Å². The molecule has 1 N–H and O–H groups in total. The molecule has 0 aliphatic carbocycles. The molecule has 0 fully saturated rings. The Morgan fingerprint density at radius 1 is 1.21 bits per heavy atom. The van der Waals surface area contributed by atoms with Crippen LogP contribution in [0.4, 0.5) is 0 Å². The van der Waals surface area contributed by atoms with Crippen LogP contribution in [0.2, 0.25) is 0 Å². The topological polar surface area (TPSA) is 46.2 Å². The van der Waals surface area contributed by atoms with Crippen molar-refractivity contribution in [2.75, 3.05) is 12.4 Å². The molecule has 0 aromatic rings. The number of Topliss-reactive ketones (excluding diaryl/α,β-unsaturated/α-hetero) is 1. The number of nitrogens with one attached hydrogen (secondary N) is 1. The molecular formula is C10H18ClNO2. The van der Waals surface area contributed by atoms with Crippen LogP contribution in [0.15, 0.2) is 0 Å². The van der Waals surface area contributed by atoms with Crippen molar-refractivity contribution in [2.24, 2.45) is 0 Å². The standard InChI is InChI=1S/C10H18ClNO2/c1-2-9(13)6-4-3-5-7-12-10(14)8-11/h2-8H2,1H3,(H,12,14). The smallest absolute Gasteiger partial charge is 0.234 e. The second-order valence-corrected chi connectivity index (χ2v) is 3.45. The minimum absolute atomic E-state index is 0.0221. The molecular weight excluding hydrogens is 202 g/mol. The zero-order valence-corrected chi connectivity index (χ0v) is 9.40. The van der Waals surface area contributed by atoms with E-state index in [2.05, 4.69) is 5.32 Å². The largest absolute Gasteiger partial charge is 0.355 e. The van der Waals surface area contributed by atoms with E-state index in [1.54, 1.807) is 0 Å². The van der Waals surface area contributed by atoms with Gasteiger partial charge in [0.25, 0.3) is 0 Å². The van der Waals surface area contributed by atoms with Crippen LogP contribution >= 0.6 is 11.6 Å². The fourth-order valence-corrected chi connectivity index (χ4v) is 1.17. The van der Waals surface area contributed by atoms with Gasteiger partial charge in [-0.1, -0.05) is 13.3 Å². The molecule has 0 spiro atoms. The van der Waals surface area contributed by atoms with Crippen LogP contribution in [0.3, 0.4) is 0 Å². The molecule has 0 rings (SSSR count). The SMILES string of the molecule is CCC(=O)CCCCCNC(=O)CCl. The van der Waals surface area contributed by atoms with Crippen LogP contribution < -0.4 is 5.32 Å². The van der Waals surface area contributed by atoms with E-state index >= 15 is 0 Å². The number of halogens is 1. The fourth-order valence-electron chi connectivity index (χ4n) is 1.08. The van der Waals surface area contributed by atoms with E-state index in [0.29, 0.717) is 25.2 Å². The molecule has 0 heterocycles. The Bertz CT molecular complexity index is 163. The average molecular weight is 220 g/mol. The number of carbonyl (C=O) groups is 2. The van der Waals surface area contributed by atoms with Crippen molar-refractivity contribution < 1.29 is 9.59 Å². The third-order valence-corrected chi connectivity index (χ3v) is 2.21. The van der Waals surface area contributed by atoms with Gasteiger partial charge in [0.15, 0.2) is 0 Å². The monoisotopic (exact) mass is 219 g/mol. The van der Waals surface area contributed by atoms with Crippen molar-refractivity contribution in [3.05, 3.63) is 0 Å². The lowest BCUT2D eigenvalue weighted by molar-refractivity contribution is -0.119. The van der Waals surface area contributed by atoms with Crippen molar-refractivity contribution >= 4 is 23.3 Å². The Labute approximate surface area is 90.2 Å². The number of hydrogen-bond acceptors (Lipinski definition) is 2. The average Bonchev–Trinajstić information content (AvgIpc) is 2.22. The van der Waals surface area contributed by atoms with Gasteiger partial charge in [-0.3, -0.25) is 9.59 Å². The van der Waals surface area contributed by atoms with Gasteiger partial charge in [-0.15, -0.1) is 11.6 Å². The summed E-state index contributed by atoms with van der Waals surface area (Å²) in [5.41, 5.74) is 0. The zero-order chi connectivity index (χ0) is 10.8. The summed E-state index contributed by atoms with van der Waals surface area (Å²) in [6.45, 7) is 2.54. The molecule has 0 aromatic heterocycles. The van der Waals surface area contributed by atoms with Crippen molar-refractivity contribution in [2.45, 2.75) is 39.0 Å². The quantitative estimate of drug-likeness (QED) is 0.501. The van der Waals surface area contributed by atoms with Gasteiger partial charge in [-0.25, -0.2) is 0 Å². The van der Waals surface area contributed by atoms with Crippen molar-refractivity contribution in [1.82, 2.24) is 5.32 Å². The number of carbonyl (C=O) groups excluding carboxylic acids is 2. The molecule has 1 amide bonds. The highest BCUT2D eigenvalue weighted by molar-refractivity contribution is 6.27. The van der Waals surface area contributed by atoms with Gasteiger partial charge in [0.05, 0.1) is 0 Å². The van der Waals surface area contributed by atoms with Gasteiger partial charge < -0.3 is 5.32 Å². The van der Waals surface area contributed by atoms with Gasteiger partial charge >= 0.3 is 0 Å². The van der Waals surface area contributed by atoms with Crippen LogP contribution in [-0.4, -0.2) is 24.1 Å². The number of amides is 1. The van der Waals surface area contributed by atoms with Crippen molar-refractivity contribution in [3.63, 3.8) is 0 Å². The number of alkyl halides is 1. The summed E-state index contributed by atoms with van der Waals surface area (Å²) in [7, 11) is 0. The van der Waals surface area contributed by atoms with Gasteiger partial charge in [0, 0.05) is 19.4 Å². The second kappa shape index (κ2) is 9.00. The normalized spacial score (nSPS) is 9.86. The molecule has 0 aliphatic rings. The number of ketones is 1. The Balaban J connectivity index is 3.14. The van der Waals surface area contributed by atoms with Crippen LogP contribution in [0, 0.1) is 0 Å². The van der Waals surface area contributed by atoms with Crippen LogP contribution in [0.5, 0.6) is 0 Å². The highest BCUT2D eigenvalue weighted by Gasteiger charge is 1.99. The summed E-state index contributed by atoms with van der Waals surface area (Å²) in [6, 6.07) is 0. The second-order valence-electron chi connectivity index (χ2n) is 3.19. The minimum Gasteiger partial charge on any atom is -0.355 e. The molecule has 0 aromatic carbocycles. The molecule has 0 aliphatic heterocycles. The molecule has 14 heavy (non-hydrogen) atoms. The lowest BCUT2D eigenvalue weighted by Gasteiger charge is -2.02. The van der Waals surface area contributed by atoms with Crippen molar-refractivity contribution in [1.29, 1.82) is 0 Å². The van der Waals surface area contributed by atoms with Gasteiger partial charge in [0.1, 0.15) is 11.7 Å². The highest BCUT2D eigenvalue weighted by Crippen LogP contribution is 2.01. The van der Waals surface area contributed by atoms with Gasteiger partial charge in [-0.05, 0) is 12.8 Å². The van der Waals surface area contributed by atoms with Gasteiger partial charge in [0.2, 0.25) is 5.91 Å². The molecule has 82 valence electrons. The van der Waals surface area contributed by atoms with E-state index in [1.165, 1.54) is 0 Å². The summed E-state index contributed by atoms with van der Waals surface area (Å²) >= 11 is 5.30. The maximum atomic E-state index is 10.9. The third kappa shape index (κ3) is 8.05. The maximum Gasteiger partial charge on any atom is 0.234 e. The lowest BCUT2D eigenvalue weighted by Crippen LogP contribution is -2.25. The first-order valence-electron chi connectivity index (χ1n) is 5.05. The summed E-state index contributed by atoms with van der Waals surface area (Å²) < 4.78 is 0. The molecule has 0 radical (unpaired) electrons. The maximum absolute atomic E-state index is 10.9. The summed E-state index contributed by atoms with van der Waals surface area (Å²) in [4.78, 5) is 21.6. The minimum atomic E-state index is -0.128.